The van der Waals surface area contributed by atoms with E-state index in [0.29, 0.717) is 6.07 Å². The normalized spacial score (nSPS) is 17.9. The molecule has 0 aliphatic heterocycles. The van der Waals surface area contributed by atoms with Crippen LogP contribution in [-0.4, -0.2) is 0 Å². The molecule has 1 aromatic carbocycles. The van der Waals surface area contributed by atoms with Crippen molar-refractivity contribution in [3.63, 3.8) is 0 Å². The average Bonchev–Trinajstić information content (AvgIpc) is 2.75. The first kappa shape index (κ1) is 14.3. The fourth-order valence-corrected chi connectivity index (χ4v) is 2.36. The summed E-state index contributed by atoms with van der Waals surface area (Å²) in [6.07, 6.45) is 4.01. The van der Waals surface area contributed by atoms with Crippen LogP contribution in [0.3, 0.4) is 0 Å². The van der Waals surface area contributed by atoms with Crippen molar-refractivity contribution in [2.24, 2.45) is 11.7 Å². The number of benzene rings is 1. The maximum Gasteiger partial charge on any atom is 0.161 e. The lowest BCUT2D eigenvalue weighted by molar-refractivity contribution is 0.419. The molecule has 0 amide bonds. The summed E-state index contributed by atoms with van der Waals surface area (Å²) in [6, 6.07) is 0.922. The highest BCUT2D eigenvalue weighted by molar-refractivity contribution is 5.85. The molecule has 1 atom stereocenters. The molecule has 0 heterocycles. The average molecular weight is 266 g/mol. The number of hydrogen-bond donors (Lipinski definition) is 1. The third-order valence-electron chi connectivity index (χ3n) is 3.31. The third-order valence-corrected chi connectivity index (χ3v) is 3.31. The fraction of sp³-hybridized carbons (Fsp3) is 0.500. The van der Waals surface area contributed by atoms with Gasteiger partial charge in [0.1, 0.15) is 5.82 Å². The Morgan fingerprint density at radius 2 is 1.53 bits per heavy atom. The number of halogens is 4. The highest BCUT2D eigenvalue weighted by Crippen LogP contribution is 2.35. The summed E-state index contributed by atoms with van der Waals surface area (Å²) < 4.78 is 39.2. The van der Waals surface area contributed by atoms with E-state index >= 15 is 0 Å². The molecule has 1 aliphatic rings. The van der Waals surface area contributed by atoms with E-state index in [1.165, 1.54) is 0 Å². The smallest absolute Gasteiger partial charge is 0.161 e. The molecule has 0 radical (unpaired) electrons. The standard InChI is InChI=1S/C12H14F3N.ClH/c13-9-6-11(15)10(14)5-8(9)12(16)7-3-1-2-4-7;/h5-7,12H,1-4,16H2;1H/t12-;/m1./s1. The first-order chi connectivity index (χ1) is 7.59. The van der Waals surface area contributed by atoms with Crippen molar-refractivity contribution in [3.05, 3.63) is 35.1 Å². The van der Waals surface area contributed by atoms with Crippen molar-refractivity contribution in [2.75, 3.05) is 0 Å². The molecular weight excluding hydrogens is 251 g/mol. The van der Waals surface area contributed by atoms with Crippen LogP contribution < -0.4 is 5.73 Å². The van der Waals surface area contributed by atoms with E-state index in [1.54, 1.807) is 0 Å². The van der Waals surface area contributed by atoms with Crippen molar-refractivity contribution < 1.29 is 13.2 Å². The Kier molecular flexibility index (Phi) is 4.83. The van der Waals surface area contributed by atoms with Crippen LogP contribution in [0.25, 0.3) is 0 Å². The number of hydrogen-bond acceptors (Lipinski definition) is 1. The predicted molar refractivity (Wildman–Crippen MR) is 62.5 cm³/mol. The van der Waals surface area contributed by atoms with Crippen molar-refractivity contribution in [3.8, 4) is 0 Å². The van der Waals surface area contributed by atoms with Crippen molar-refractivity contribution >= 4 is 12.4 Å². The lowest BCUT2D eigenvalue weighted by atomic mass is 9.92. The molecule has 0 aromatic heterocycles. The molecule has 0 unspecified atom stereocenters. The quantitative estimate of drug-likeness (QED) is 0.811. The zero-order chi connectivity index (χ0) is 11.7. The molecule has 1 nitrogen and oxygen atoms in total. The Morgan fingerprint density at radius 1 is 1.00 bits per heavy atom. The molecule has 1 fully saturated rings. The van der Waals surface area contributed by atoms with Gasteiger partial charge in [0.2, 0.25) is 0 Å². The van der Waals surface area contributed by atoms with Crippen LogP contribution in [0.1, 0.15) is 37.3 Å². The Labute approximate surface area is 105 Å². The van der Waals surface area contributed by atoms with Gasteiger partial charge in [-0.1, -0.05) is 12.8 Å². The van der Waals surface area contributed by atoms with E-state index in [0.717, 1.165) is 31.7 Å². The maximum absolute atomic E-state index is 13.4. The van der Waals surface area contributed by atoms with Gasteiger partial charge in [-0.3, -0.25) is 0 Å². The molecule has 17 heavy (non-hydrogen) atoms. The summed E-state index contributed by atoms with van der Waals surface area (Å²) in [6.45, 7) is 0. The molecule has 2 rings (SSSR count). The molecule has 96 valence electrons. The fourth-order valence-electron chi connectivity index (χ4n) is 2.36. The van der Waals surface area contributed by atoms with E-state index in [2.05, 4.69) is 0 Å². The van der Waals surface area contributed by atoms with Gasteiger partial charge in [0.25, 0.3) is 0 Å². The summed E-state index contributed by atoms with van der Waals surface area (Å²) in [4.78, 5) is 0. The van der Waals surface area contributed by atoms with E-state index in [-0.39, 0.29) is 23.9 Å². The first-order valence-corrected chi connectivity index (χ1v) is 5.49. The maximum atomic E-state index is 13.4. The molecule has 1 aromatic rings. The van der Waals surface area contributed by atoms with Crippen molar-refractivity contribution in [1.29, 1.82) is 0 Å². The summed E-state index contributed by atoms with van der Waals surface area (Å²) >= 11 is 0. The highest BCUT2D eigenvalue weighted by atomic mass is 35.5. The molecule has 5 heteroatoms. The summed E-state index contributed by atoms with van der Waals surface area (Å²) in [5.74, 6) is -2.78. The molecular formula is C12H15ClF3N. The van der Waals surface area contributed by atoms with Crippen LogP contribution in [0.5, 0.6) is 0 Å². The molecule has 0 bridgehead atoms. The lowest BCUT2D eigenvalue weighted by Gasteiger charge is -2.19. The van der Waals surface area contributed by atoms with Gasteiger partial charge >= 0.3 is 0 Å². The lowest BCUT2D eigenvalue weighted by Crippen LogP contribution is -2.20. The van der Waals surface area contributed by atoms with Crippen LogP contribution in [0.4, 0.5) is 13.2 Å². The minimum atomic E-state index is -1.17. The second-order valence-corrected chi connectivity index (χ2v) is 4.36. The SMILES string of the molecule is Cl.N[C@@H](c1cc(F)c(F)cc1F)C1CCCC1. The van der Waals surface area contributed by atoms with Crippen LogP contribution >= 0.6 is 12.4 Å². The van der Waals surface area contributed by atoms with E-state index in [9.17, 15) is 13.2 Å². The molecule has 2 N–H and O–H groups in total. The monoisotopic (exact) mass is 265 g/mol. The van der Waals surface area contributed by atoms with Gasteiger partial charge in [0.15, 0.2) is 11.6 Å². The Hall–Kier alpha value is -0.740. The minimum Gasteiger partial charge on any atom is -0.324 e. The third kappa shape index (κ3) is 2.93. The van der Waals surface area contributed by atoms with Gasteiger partial charge in [-0.05, 0) is 24.8 Å². The molecule has 0 saturated heterocycles. The highest BCUT2D eigenvalue weighted by Gasteiger charge is 2.26. The Bertz CT molecular complexity index is 392. The van der Waals surface area contributed by atoms with Gasteiger partial charge in [0, 0.05) is 17.7 Å². The topological polar surface area (TPSA) is 26.0 Å². The van der Waals surface area contributed by atoms with Gasteiger partial charge in [-0.25, -0.2) is 13.2 Å². The van der Waals surface area contributed by atoms with Crippen molar-refractivity contribution in [2.45, 2.75) is 31.7 Å². The molecule has 0 spiro atoms. The van der Waals surface area contributed by atoms with E-state index in [4.69, 9.17) is 5.73 Å². The van der Waals surface area contributed by atoms with Gasteiger partial charge < -0.3 is 5.73 Å². The Morgan fingerprint density at radius 3 is 2.12 bits per heavy atom. The van der Waals surface area contributed by atoms with Gasteiger partial charge in [-0.15, -0.1) is 12.4 Å². The molecule has 1 saturated carbocycles. The minimum absolute atomic E-state index is 0. The van der Waals surface area contributed by atoms with Gasteiger partial charge in [-0.2, -0.15) is 0 Å². The van der Waals surface area contributed by atoms with Crippen LogP contribution in [0, 0.1) is 23.4 Å². The number of rotatable bonds is 2. The second-order valence-electron chi connectivity index (χ2n) is 4.36. The van der Waals surface area contributed by atoms with E-state index in [1.807, 2.05) is 0 Å². The zero-order valence-corrected chi connectivity index (χ0v) is 10.1. The number of nitrogens with two attached hydrogens (primary N) is 1. The Balaban J connectivity index is 0.00000144. The van der Waals surface area contributed by atoms with Crippen molar-refractivity contribution in [1.82, 2.24) is 0 Å². The first-order valence-electron chi connectivity index (χ1n) is 5.49. The van der Waals surface area contributed by atoms with Crippen LogP contribution in [-0.2, 0) is 0 Å². The summed E-state index contributed by atoms with van der Waals surface area (Å²) in [7, 11) is 0. The second kappa shape index (κ2) is 5.74. The van der Waals surface area contributed by atoms with Gasteiger partial charge in [0.05, 0.1) is 0 Å². The predicted octanol–water partition coefficient (Wildman–Crippen LogP) is 3.72. The summed E-state index contributed by atoms with van der Waals surface area (Å²) in [5.41, 5.74) is 5.98. The zero-order valence-electron chi connectivity index (χ0n) is 9.26. The largest absolute Gasteiger partial charge is 0.324 e. The van der Waals surface area contributed by atoms with Crippen LogP contribution in [0.15, 0.2) is 12.1 Å². The summed E-state index contributed by atoms with van der Waals surface area (Å²) in [5, 5.41) is 0. The van der Waals surface area contributed by atoms with Crippen LogP contribution in [0.2, 0.25) is 0 Å². The molecule has 1 aliphatic carbocycles. The van der Waals surface area contributed by atoms with E-state index < -0.39 is 23.5 Å².